The van der Waals surface area contributed by atoms with E-state index in [1.807, 2.05) is 6.92 Å². The van der Waals surface area contributed by atoms with Crippen molar-refractivity contribution < 1.29 is 4.79 Å². The fourth-order valence-corrected chi connectivity index (χ4v) is 1.34. The van der Waals surface area contributed by atoms with Crippen molar-refractivity contribution in [3.8, 4) is 0 Å². The first-order chi connectivity index (χ1) is 8.13. The maximum Gasteiger partial charge on any atom is 0.328 e. The molecule has 0 aliphatic rings. The molecule has 94 valence electrons. The van der Waals surface area contributed by atoms with Crippen molar-refractivity contribution in [3.05, 3.63) is 33.1 Å². The molecule has 2 N–H and O–H groups in total. The van der Waals surface area contributed by atoms with Gasteiger partial charge in [0.15, 0.2) is 0 Å². The summed E-state index contributed by atoms with van der Waals surface area (Å²) in [5, 5.41) is 2.76. The molecule has 1 heterocycles. The van der Waals surface area contributed by atoms with Crippen LogP contribution < -0.4 is 16.6 Å². The molecule has 0 aliphatic heterocycles. The predicted octanol–water partition coefficient (Wildman–Crippen LogP) is -0.157. The van der Waals surface area contributed by atoms with Gasteiger partial charge in [0.25, 0.3) is 5.56 Å². The Bertz CT molecular complexity index is 475. The monoisotopic (exact) mass is 239 g/mol. The van der Waals surface area contributed by atoms with Crippen LogP contribution in [0.4, 0.5) is 0 Å². The lowest BCUT2D eigenvalue weighted by molar-refractivity contribution is -0.121. The van der Waals surface area contributed by atoms with E-state index in [0.717, 1.165) is 12.8 Å². The largest absolute Gasteiger partial charge is 0.356 e. The molecule has 0 saturated heterocycles. The second-order valence-electron chi connectivity index (χ2n) is 3.76. The third-order valence-electron chi connectivity index (χ3n) is 2.33. The molecule has 1 aromatic rings. The van der Waals surface area contributed by atoms with Gasteiger partial charge in [-0.3, -0.25) is 14.6 Å². The number of amides is 1. The first kappa shape index (κ1) is 13.2. The summed E-state index contributed by atoms with van der Waals surface area (Å²) in [6, 6.07) is 1.26. The van der Waals surface area contributed by atoms with Crippen molar-refractivity contribution in [1.82, 2.24) is 14.9 Å². The normalized spacial score (nSPS) is 10.2. The van der Waals surface area contributed by atoms with Gasteiger partial charge in [0.2, 0.25) is 5.91 Å². The molecule has 0 aliphatic carbocycles. The van der Waals surface area contributed by atoms with Crippen molar-refractivity contribution >= 4 is 5.91 Å². The van der Waals surface area contributed by atoms with Gasteiger partial charge in [0.1, 0.15) is 0 Å². The van der Waals surface area contributed by atoms with Gasteiger partial charge in [-0.25, -0.2) is 4.79 Å². The van der Waals surface area contributed by atoms with Crippen LogP contribution >= 0.6 is 0 Å². The minimum Gasteiger partial charge on any atom is -0.356 e. The lowest BCUT2D eigenvalue weighted by atomic mass is 10.3. The Morgan fingerprint density at radius 2 is 2.24 bits per heavy atom. The van der Waals surface area contributed by atoms with Gasteiger partial charge in [-0.1, -0.05) is 13.3 Å². The highest BCUT2D eigenvalue weighted by molar-refractivity contribution is 5.75. The lowest BCUT2D eigenvalue weighted by Crippen LogP contribution is -2.31. The molecular formula is C11H17N3O3. The second kappa shape index (κ2) is 6.67. The summed E-state index contributed by atoms with van der Waals surface area (Å²) >= 11 is 0. The van der Waals surface area contributed by atoms with E-state index < -0.39 is 11.2 Å². The molecule has 1 amide bonds. The number of aromatic amines is 1. The van der Waals surface area contributed by atoms with E-state index in [1.165, 1.54) is 16.8 Å². The fraction of sp³-hybridized carbons (Fsp3) is 0.545. The molecule has 0 fully saturated rings. The van der Waals surface area contributed by atoms with Crippen LogP contribution in [0.1, 0.15) is 26.2 Å². The number of aromatic nitrogens is 2. The molecule has 0 unspecified atom stereocenters. The smallest absolute Gasteiger partial charge is 0.328 e. The average molecular weight is 239 g/mol. The van der Waals surface area contributed by atoms with E-state index in [0.29, 0.717) is 6.54 Å². The molecule has 0 saturated carbocycles. The number of carbonyl (C=O) groups excluding carboxylic acids is 1. The van der Waals surface area contributed by atoms with E-state index in [2.05, 4.69) is 10.3 Å². The van der Waals surface area contributed by atoms with E-state index in [4.69, 9.17) is 0 Å². The number of aryl methyl sites for hydroxylation is 1. The van der Waals surface area contributed by atoms with Crippen LogP contribution in [-0.2, 0) is 11.3 Å². The maximum atomic E-state index is 11.4. The zero-order chi connectivity index (χ0) is 12.7. The highest BCUT2D eigenvalue weighted by Gasteiger charge is 2.02. The van der Waals surface area contributed by atoms with E-state index in [9.17, 15) is 14.4 Å². The van der Waals surface area contributed by atoms with Gasteiger partial charge >= 0.3 is 5.69 Å². The quantitative estimate of drug-likeness (QED) is 0.677. The summed E-state index contributed by atoms with van der Waals surface area (Å²) in [7, 11) is 0. The minimum atomic E-state index is -0.487. The number of H-pyrrole nitrogens is 1. The minimum absolute atomic E-state index is 0.0865. The van der Waals surface area contributed by atoms with Gasteiger partial charge in [0, 0.05) is 31.8 Å². The first-order valence-corrected chi connectivity index (χ1v) is 5.70. The number of nitrogens with zero attached hydrogens (tertiary/aromatic N) is 1. The Morgan fingerprint density at radius 3 is 2.88 bits per heavy atom. The molecule has 0 bridgehead atoms. The van der Waals surface area contributed by atoms with Crippen LogP contribution in [0.25, 0.3) is 0 Å². The third kappa shape index (κ3) is 4.67. The number of unbranched alkanes of at least 4 members (excludes halogenated alkanes) is 1. The molecule has 0 aromatic carbocycles. The Kier molecular flexibility index (Phi) is 5.19. The molecule has 1 rings (SSSR count). The van der Waals surface area contributed by atoms with Gasteiger partial charge in [-0.2, -0.15) is 0 Å². The first-order valence-electron chi connectivity index (χ1n) is 5.70. The van der Waals surface area contributed by atoms with Gasteiger partial charge < -0.3 is 9.88 Å². The molecule has 6 nitrogen and oxygen atoms in total. The SMILES string of the molecule is CCCCNC(=O)CCn1ccc(=O)[nH]c1=O. The van der Waals surface area contributed by atoms with Crippen molar-refractivity contribution in [3.63, 3.8) is 0 Å². The Morgan fingerprint density at radius 1 is 1.47 bits per heavy atom. The second-order valence-corrected chi connectivity index (χ2v) is 3.76. The predicted molar refractivity (Wildman–Crippen MR) is 63.9 cm³/mol. The van der Waals surface area contributed by atoms with Crippen LogP contribution in [0.5, 0.6) is 0 Å². The average Bonchev–Trinajstić information content (AvgIpc) is 2.28. The van der Waals surface area contributed by atoms with Crippen LogP contribution in [-0.4, -0.2) is 22.0 Å². The van der Waals surface area contributed by atoms with Gasteiger partial charge in [-0.05, 0) is 6.42 Å². The highest BCUT2D eigenvalue weighted by Crippen LogP contribution is 1.87. The Balaban J connectivity index is 2.42. The van der Waals surface area contributed by atoms with Crippen molar-refractivity contribution in [2.24, 2.45) is 0 Å². The molecule has 1 aromatic heterocycles. The number of hydrogen-bond acceptors (Lipinski definition) is 3. The summed E-state index contributed by atoms with van der Waals surface area (Å²) in [5.41, 5.74) is -0.919. The van der Waals surface area contributed by atoms with Gasteiger partial charge in [0.05, 0.1) is 0 Å². The third-order valence-corrected chi connectivity index (χ3v) is 2.33. The standard InChI is InChI=1S/C11H17N3O3/c1-2-3-6-12-9(15)4-7-14-8-5-10(16)13-11(14)17/h5,8H,2-4,6-7H2,1H3,(H,12,15)(H,13,16,17). The summed E-state index contributed by atoms with van der Waals surface area (Å²) in [4.78, 5) is 35.6. The van der Waals surface area contributed by atoms with Crippen molar-refractivity contribution in [1.29, 1.82) is 0 Å². The maximum absolute atomic E-state index is 11.4. The summed E-state index contributed by atoms with van der Waals surface area (Å²) in [5.74, 6) is -0.0865. The molecule has 0 spiro atoms. The van der Waals surface area contributed by atoms with Crippen LogP contribution in [0.2, 0.25) is 0 Å². The molecule has 17 heavy (non-hydrogen) atoms. The highest BCUT2D eigenvalue weighted by atomic mass is 16.2. The summed E-state index contributed by atoms with van der Waals surface area (Å²) < 4.78 is 1.31. The number of rotatable bonds is 6. The zero-order valence-electron chi connectivity index (χ0n) is 9.86. The summed E-state index contributed by atoms with van der Waals surface area (Å²) in [6.45, 7) is 2.98. The molecular weight excluding hydrogens is 222 g/mol. The Hall–Kier alpha value is -1.85. The number of nitrogens with one attached hydrogen (secondary N) is 2. The van der Waals surface area contributed by atoms with Crippen LogP contribution in [0.15, 0.2) is 21.9 Å². The molecule has 0 radical (unpaired) electrons. The topological polar surface area (TPSA) is 84.0 Å². The van der Waals surface area contributed by atoms with Crippen LogP contribution in [0.3, 0.4) is 0 Å². The molecule has 0 atom stereocenters. The van der Waals surface area contributed by atoms with E-state index >= 15 is 0 Å². The van der Waals surface area contributed by atoms with Crippen molar-refractivity contribution in [2.45, 2.75) is 32.7 Å². The zero-order valence-corrected chi connectivity index (χ0v) is 9.86. The molecule has 6 heteroatoms. The van der Waals surface area contributed by atoms with Crippen molar-refractivity contribution in [2.75, 3.05) is 6.54 Å². The Labute approximate surface area is 98.7 Å². The van der Waals surface area contributed by atoms with Crippen LogP contribution in [0, 0.1) is 0 Å². The lowest BCUT2D eigenvalue weighted by Gasteiger charge is -2.05. The van der Waals surface area contributed by atoms with Gasteiger partial charge in [-0.15, -0.1) is 0 Å². The summed E-state index contributed by atoms with van der Waals surface area (Å²) in [6.07, 6.45) is 3.60. The fourth-order valence-electron chi connectivity index (χ4n) is 1.34. The van der Waals surface area contributed by atoms with E-state index in [-0.39, 0.29) is 18.9 Å². The number of hydrogen-bond donors (Lipinski definition) is 2. The number of carbonyl (C=O) groups is 1. The van der Waals surface area contributed by atoms with E-state index in [1.54, 1.807) is 0 Å².